The summed E-state index contributed by atoms with van der Waals surface area (Å²) in [5.74, 6) is 0.724. The van der Waals surface area contributed by atoms with Crippen LogP contribution in [0, 0.1) is 11.3 Å². The largest absolute Gasteiger partial charge is 0.490 e. The van der Waals surface area contributed by atoms with Gasteiger partial charge in [0.1, 0.15) is 11.9 Å². The first-order chi connectivity index (χ1) is 15.5. The Bertz CT molecular complexity index is 985. The second-order valence-electron chi connectivity index (χ2n) is 8.13. The van der Waals surface area contributed by atoms with Crippen LogP contribution < -0.4 is 4.74 Å². The molecule has 2 fully saturated rings. The maximum atomic E-state index is 12.8. The number of carbonyl (C=O) groups excluding carboxylic acids is 1. The fraction of sp³-hybridized carbons (Fsp3) is 0.417. The Morgan fingerprint density at radius 1 is 1.09 bits per heavy atom. The topological polar surface area (TPSA) is 65.8 Å². The summed E-state index contributed by atoms with van der Waals surface area (Å²) in [5, 5.41) is 9.95. The van der Waals surface area contributed by atoms with Crippen LogP contribution in [0.1, 0.15) is 28.8 Å². The van der Waals surface area contributed by atoms with Gasteiger partial charge in [0.25, 0.3) is 5.91 Å². The molecule has 2 saturated heterocycles. The lowest BCUT2D eigenvalue weighted by Gasteiger charge is -2.38. The normalized spacial score (nSPS) is 20.0. The van der Waals surface area contributed by atoms with Crippen molar-refractivity contribution in [2.24, 2.45) is 0 Å². The van der Waals surface area contributed by atoms with E-state index >= 15 is 0 Å². The molecule has 0 spiro atoms. The number of hydrogen-bond donors (Lipinski definition) is 0. The van der Waals surface area contributed by atoms with E-state index in [1.54, 1.807) is 36.4 Å². The summed E-state index contributed by atoms with van der Waals surface area (Å²) in [6.07, 6.45) is 1.96. The lowest BCUT2D eigenvalue weighted by Crippen LogP contribution is -2.51. The third kappa shape index (κ3) is 5.73. The van der Waals surface area contributed by atoms with E-state index in [9.17, 15) is 4.79 Å². The highest BCUT2D eigenvalue weighted by Crippen LogP contribution is 2.28. The predicted molar refractivity (Wildman–Crippen MR) is 123 cm³/mol. The minimum atomic E-state index is -0.0171. The van der Waals surface area contributed by atoms with Crippen molar-refractivity contribution < 1.29 is 14.3 Å². The molecule has 0 aromatic heterocycles. The molecule has 2 heterocycles. The number of hydrogen-bond acceptors (Lipinski definition) is 5. The van der Waals surface area contributed by atoms with Crippen LogP contribution >= 0.6 is 23.2 Å². The lowest BCUT2D eigenvalue weighted by atomic mass is 10.1. The molecule has 0 bridgehead atoms. The zero-order valence-corrected chi connectivity index (χ0v) is 19.2. The van der Waals surface area contributed by atoms with E-state index in [2.05, 4.69) is 11.0 Å². The van der Waals surface area contributed by atoms with Crippen LogP contribution in [0.3, 0.4) is 0 Å². The summed E-state index contributed by atoms with van der Waals surface area (Å²) in [6.45, 7) is 4.29. The monoisotopic (exact) mass is 473 g/mol. The Morgan fingerprint density at radius 3 is 2.53 bits per heavy atom. The summed E-state index contributed by atoms with van der Waals surface area (Å²) in [4.78, 5) is 17.1. The van der Waals surface area contributed by atoms with Gasteiger partial charge in [0.2, 0.25) is 0 Å². The van der Waals surface area contributed by atoms with Gasteiger partial charge in [-0.05, 0) is 49.2 Å². The SMILES string of the molecule is N#Cc1ccc(C(=O)N2CCOC(CN3CCC(Oc4ccc(Cl)c(Cl)c4)CC3)C2)cc1. The summed E-state index contributed by atoms with van der Waals surface area (Å²) >= 11 is 12.0. The molecule has 1 unspecified atom stereocenters. The van der Waals surface area contributed by atoms with E-state index < -0.39 is 0 Å². The van der Waals surface area contributed by atoms with Gasteiger partial charge in [0.05, 0.1) is 34.4 Å². The summed E-state index contributed by atoms with van der Waals surface area (Å²) < 4.78 is 12.0. The van der Waals surface area contributed by atoms with Crippen molar-refractivity contribution in [1.82, 2.24) is 9.80 Å². The number of carbonyl (C=O) groups is 1. The molecule has 2 aliphatic heterocycles. The standard InChI is InChI=1S/C24H25Cl2N3O3/c25-22-6-5-20(13-23(22)26)32-19-7-9-28(10-8-19)15-21-16-29(11-12-31-21)24(30)18-3-1-17(14-27)2-4-18/h1-6,13,19,21H,7-12,15-16H2. The second kappa shape index (κ2) is 10.5. The molecule has 6 nitrogen and oxygen atoms in total. The van der Waals surface area contributed by atoms with E-state index in [4.69, 9.17) is 37.9 Å². The quantitative estimate of drug-likeness (QED) is 0.649. The van der Waals surface area contributed by atoms with Crippen molar-refractivity contribution in [2.75, 3.05) is 39.3 Å². The Labute approximate surface area is 198 Å². The molecule has 0 N–H and O–H groups in total. The number of ether oxygens (including phenoxy) is 2. The minimum Gasteiger partial charge on any atom is -0.490 e. The Hall–Kier alpha value is -2.30. The predicted octanol–water partition coefficient (Wildman–Crippen LogP) is 4.25. The van der Waals surface area contributed by atoms with Crippen LogP contribution in [-0.2, 0) is 4.74 Å². The zero-order chi connectivity index (χ0) is 22.5. The molecule has 8 heteroatoms. The molecule has 168 valence electrons. The van der Waals surface area contributed by atoms with Crippen LogP contribution in [0.15, 0.2) is 42.5 Å². The highest BCUT2D eigenvalue weighted by molar-refractivity contribution is 6.42. The second-order valence-corrected chi connectivity index (χ2v) is 8.94. The Morgan fingerprint density at radius 2 is 1.84 bits per heavy atom. The summed E-state index contributed by atoms with van der Waals surface area (Å²) in [6, 6.07) is 14.2. The summed E-state index contributed by atoms with van der Waals surface area (Å²) in [7, 11) is 0. The summed E-state index contributed by atoms with van der Waals surface area (Å²) in [5.41, 5.74) is 1.15. The third-order valence-corrected chi connectivity index (χ3v) is 6.62. The van der Waals surface area contributed by atoms with Crippen molar-refractivity contribution in [3.8, 4) is 11.8 Å². The highest BCUT2D eigenvalue weighted by Gasteiger charge is 2.28. The van der Waals surface area contributed by atoms with Gasteiger partial charge >= 0.3 is 0 Å². The fourth-order valence-corrected chi connectivity index (χ4v) is 4.41. The molecule has 0 aliphatic carbocycles. The van der Waals surface area contributed by atoms with Crippen molar-refractivity contribution in [3.63, 3.8) is 0 Å². The Kier molecular flexibility index (Phi) is 7.54. The van der Waals surface area contributed by atoms with Gasteiger partial charge in [0, 0.05) is 44.4 Å². The van der Waals surface area contributed by atoms with Crippen LogP contribution in [0.4, 0.5) is 0 Å². The first-order valence-corrected chi connectivity index (χ1v) is 11.5. The van der Waals surface area contributed by atoms with Crippen LogP contribution in [0.2, 0.25) is 10.0 Å². The van der Waals surface area contributed by atoms with Crippen LogP contribution in [0.25, 0.3) is 0 Å². The van der Waals surface area contributed by atoms with Crippen molar-refractivity contribution in [2.45, 2.75) is 25.0 Å². The van der Waals surface area contributed by atoms with E-state index in [1.165, 1.54) is 0 Å². The first kappa shape index (κ1) is 22.9. The number of likely N-dealkylation sites (tertiary alicyclic amines) is 1. The van der Waals surface area contributed by atoms with Gasteiger partial charge in [-0.25, -0.2) is 0 Å². The van der Waals surface area contributed by atoms with E-state index in [-0.39, 0.29) is 18.1 Å². The molecule has 0 saturated carbocycles. The molecule has 32 heavy (non-hydrogen) atoms. The van der Waals surface area contributed by atoms with Gasteiger partial charge in [0.15, 0.2) is 0 Å². The average Bonchev–Trinajstić information content (AvgIpc) is 2.82. The number of morpholine rings is 1. The fourth-order valence-electron chi connectivity index (χ4n) is 4.12. The smallest absolute Gasteiger partial charge is 0.254 e. The van der Waals surface area contributed by atoms with Crippen LogP contribution in [0.5, 0.6) is 5.75 Å². The van der Waals surface area contributed by atoms with Gasteiger partial charge < -0.3 is 19.3 Å². The number of nitrogens with zero attached hydrogens (tertiary/aromatic N) is 3. The number of piperidine rings is 1. The molecule has 2 aromatic carbocycles. The molecule has 4 rings (SSSR count). The van der Waals surface area contributed by atoms with Gasteiger partial charge in [-0.2, -0.15) is 5.26 Å². The van der Waals surface area contributed by atoms with Crippen molar-refractivity contribution in [3.05, 3.63) is 63.6 Å². The Balaban J connectivity index is 1.25. The van der Waals surface area contributed by atoms with E-state index in [0.29, 0.717) is 40.9 Å². The van der Waals surface area contributed by atoms with Crippen LogP contribution in [-0.4, -0.2) is 67.2 Å². The van der Waals surface area contributed by atoms with E-state index in [0.717, 1.165) is 38.2 Å². The van der Waals surface area contributed by atoms with Gasteiger partial charge in [-0.1, -0.05) is 23.2 Å². The molecular weight excluding hydrogens is 449 g/mol. The average molecular weight is 474 g/mol. The van der Waals surface area contributed by atoms with Gasteiger partial charge in [-0.15, -0.1) is 0 Å². The zero-order valence-electron chi connectivity index (χ0n) is 17.7. The van der Waals surface area contributed by atoms with Crippen molar-refractivity contribution >= 4 is 29.1 Å². The number of halogens is 2. The van der Waals surface area contributed by atoms with Gasteiger partial charge in [-0.3, -0.25) is 4.79 Å². The highest BCUT2D eigenvalue weighted by atomic mass is 35.5. The number of benzene rings is 2. The molecule has 1 atom stereocenters. The number of nitriles is 1. The third-order valence-electron chi connectivity index (χ3n) is 5.88. The number of rotatable bonds is 5. The maximum Gasteiger partial charge on any atom is 0.254 e. The molecular formula is C24H25Cl2N3O3. The molecule has 0 radical (unpaired) electrons. The lowest BCUT2D eigenvalue weighted by molar-refractivity contribution is -0.0414. The first-order valence-electron chi connectivity index (χ1n) is 10.8. The minimum absolute atomic E-state index is 0.0152. The van der Waals surface area contributed by atoms with E-state index in [1.807, 2.05) is 11.0 Å². The molecule has 2 aliphatic rings. The molecule has 1 amide bonds. The van der Waals surface area contributed by atoms with Crippen molar-refractivity contribution in [1.29, 1.82) is 5.26 Å². The molecule has 2 aromatic rings. The number of amides is 1. The maximum absolute atomic E-state index is 12.8.